The largest absolute Gasteiger partial charge is 0.440 e. The SMILES string of the molecule is C=C(/C=C(\NN)c1ccc(F)cc1)NC(N)=NC(=NC(=C)Oc1ccccc1)N1CCN(C)CC1. The minimum absolute atomic E-state index is 0.0758. The molecule has 0 unspecified atom stereocenters. The zero-order valence-corrected chi connectivity index (χ0v) is 19.7. The summed E-state index contributed by atoms with van der Waals surface area (Å²) in [6.45, 7) is 11.0. The van der Waals surface area contributed by atoms with Crippen molar-refractivity contribution in [1.29, 1.82) is 0 Å². The highest BCUT2D eigenvalue weighted by atomic mass is 19.1. The van der Waals surface area contributed by atoms with Crippen LogP contribution in [0.5, 0.6) is 5.75 Å². The monoisotopic (exact) mass is 478 g/mol. The number of aliphatic imine (C=N–C) groups is 2. The molecule has 10 heteroatoms. The molecular weight excluding hydrogens is 447 g/mol. The Balaban J connectivity index is 1.77. The van der Waals surface area contributed by atoms with Gasteiger partial charge < -0.3 is 31.0 Å². The average molecular weight is 479 g/mol. The zero-order chi connectivity index (χ0) is 25.2. The Kier molecular flexibility index (Phi) is 8.99. The van der Waals surface area contributed by atoms with Crippen molar-refractivity contribution in [2.75, 3.05) is 33.2 Å². The number of nitrogens with two attached hydrogens (primary N) is 2. The van der Waals surface area contributed by atoms with E-state index >= 15 is 0 Å². The Morgan fingerprint density at radius 1 is 1.03 bits per heavy atom. The van der Waals surface area contributed by atoms with Gasteiger partial charge in [0.15, 0.2) is 0 Å². The van der Waals surface area contributed by atoms with E-state index in [1.165, 1.54) is 12.1 Å². The van der Waals surface area contributed by atoms with Crippen molar-refractivity contribution in [2.24, 2.45) is 21.6 Å². The van der Waals surface area contributed by atoms with E-state index in [4.69, 9.17) is 16.3 Å². The van der Waals surface area contributed by atoms with E-state index in [9.17, 15) is 4.39 Å². The second-order valence-corrected chi connectivity index (χ2v) is 7.87. The van der Waals surface area contributed by atoms with E-state index in [0.29, 0.717) is 28.7 Å². The first-order valence-corrected chi connectivity index (χ1v) is 11.0. The molecule has 1 aliphatic heterocycles. The molecule has 0 aromatic heterocycles. The molecular formula is C25H31FN8O. The number of hydrogen-bond acceptors (Lipinski definition) is 5. The summed E-state index contributed by atoms with van der Waals surface area (Å²) < 4.78 is 18.9. The van der Waals surface area contributed by atoms with Gasteiger partial charge in [0.2, 0.25) is 17.8 Å². The molecule has 0 bridgehead atoms. The Hall–Kier alpha value is -4.15. The fourth-order valence-corrected chi connectivity index (χ4v) is 3.28. The molecule has 35 heavy (non-hydrogen) atoms. The number of rotatable bonds is 7. The van der Waals surface area contributed by atoms with Crippen LogP contribution in [-0.2, 0) is 0 Å². The number of para-hydroxylation sites is 1. The van der Waals surface area contributed by atoms with Crippen LogP contribution in [0.25, 0.3) is 5.70 Å². The third kappa shape index (κ3) is 7.98. The van der Waals surface area contributed by atoms with E-state index in [1.807, 2.05) is 35.2 Å². The van der Waals surface area contributed by atoms with Crippen LogP contribution in [0.15, 0.2) is 95.4 Å². The number of benzene rings is 2. The number of nitrogens with one attached hydrogen (secondary N) is 2. The van der Waals surface area contributed by atoms with Gasteiger partial charge in [-0.25, -0.2) is 4.39 Å². The van der Waals surface area contributed by atoms with Crippen LogP contribution < -0.4 is 27.1 Å². The number of halogens is 1. The van der Waals surface area contributed by atoms with E-state index in [0.717, 1.165) is 26.2 Å². The lowest BCUT2D eigenvalue weighted by atomic mass is 10.1. The molecule has 184 valence electrons. The Labute approximate surface area is 204 Å². The lowest BCUT2D eigenvalue weighted by Crippen LogP contribution is -2.47. The van der Waals surface area contributed by atoms with Gasteiger partial charge in [-0.15, -0.1) is 0 Å². The van der Waals surface area contributed by atoms with Gasteiger partial charge in [0.05, 0.1) is 5.70 Å². The first kappa shape index (κ1) is 25.5. The summed E-state index contributed by atoms with van der Waals surface area (Å²) >= 11 is 0. The van der Waals surface area contributed by atoms with Crippen molar-refractivity contribution in [3.8, 4) is 5.75 Å². The smallest absolute Gasteiger partial charge is 0.231 e. The Morgan fingerprint density at radius 2 is 1.69 bits per heavy atom. The molecule has 1 heterocycles. The maximum Gasteiger partial charge on any atom is 0.231 e. The molecule has 2 aromatic carbocycles. The van der Waals surface area contributed by atoms with E-state index in [1.54, 1.807) is 18.2 Å². The summed E-state index contributed by atoms with van der Waals surface area (Å²) in [5.74, 6) is 6.55. The van der Waals surface area contributed by atoms with Crippen LogP contribution in [0.4, 0.5) is 4.39 Å². The second kappa shape index (κ2) is 12.4. The molecule has 3 rings (SSSR count). The Morgan fingerprint density at radius 3 is 2.31 bits per heavy atom. The maximum absolute atomic E-state index is 13.2. The third-order valence-corrected chi connectivity index (χ3v) is 5.13. The molecule has 2 aromatic rings. The Bertz CT molecular complexity index is 1100. The fraction of sp³-hybridized carbons (Fsp3) is 0.200. The van der Waals surface area contributed by atoms with Gasteiger partial charge in [0, 0.05) is 31.9 Å². The number of nitrogens with zero attached hydrogens (tertiary/aromatic N) is 4. The molecule has 0 atom stereocenters. The number of piperazine rings is 1. The highest BCUT2D eigenvalue weighted by molar-refractivity contribution is 5.95. The number of guanidine groups is 2. The number of likely N-dealkylation sites (N-methyl/N-ethyl adjacent to an activating group) is 1. The van der Waals surface area contributed by atoms with Crippen LogP contribution in [-0.4, -0.2) is 54.9 Å². The summed E-state index contributed by atoms with van der Waals surface area (Å²) in [6, 6.07) is 15.1. The molecule has 0 aliphatic carbocycles. The van der Waals surface area contributed by atoms with Crippen LogP contribution in [0.3, 0.4) is 0 Å². The topological polar surface area (TPSA) is 117 Å². The van der Waals surface area contributed by atoms with Gasteiger partial charge in [-0.3, -0.25) is 5.84 Å². The lowest BCUT2D eigenvalue weighted by molar-refractivity contribution is 0.213. The molecule has 1 fully saturated rings. The summed E-state index contributed by atoms with van der Waals surface area (Å²) in [5, 5.41) is 2.93. The third-order valence-electron chi connectivity index (χ3n) is 5.13. The summed E-state index contributed by atoms with van der Waals surface area (Å²) in [6.07, 6.45) is 1.64. The number of hydrogen-bond donors (Lipinski definition) is 4. The highest BCUT2D eigenvalue weighted by Gasteiger charge is 2.18. The number of allylic oxidation sites excluding steroid dienone is 1. The van der Waals surface area contributed by atoms with Crippen molar-refractivity contribution < 1.29 is 9.13 Å². The quantitative estimate of drug-likeness (QED) is 0.120. The van der Waals surface area contributed by atoms with E-state index in [-0.39, 0.29) is 17.7 Å². The predicted molar refractivity (Wildman–Crippen MR) is 138 cm³/mol. The maximum atomic E-state index is 13.2. The minimum Gasteiger partial charge on any atom is -0.440 e. The van der Waals surface area contributed by atoms with Crippen molar-refractivity contribution >= 4 is 17.6 Å². The fourth-order valence-electron chi connectivity index (χ4n) is 3.28. The van der Waals surface area contributed by atoms with E-state index in [2.05, 4.69) is 45.8 Å². The average Bonchev–Trinajstić information content (AvgIpc) is 2.84. The van der Waals surface area contributed by atoms with Gasteiger partial charge in [0.1, 0.15) is 11.6 Å². The highest BCUT2D eigenvalue weighted by Crippen LogP contribution is 2.14. The molecule has 6 N–H and O–H groups in total. The van der Waals surface area contributed by atoms with Crippen molar-refractivity contribution in [3.05, 3.63) is 96.8 Å². The lowest BCUT2D eigenvalue weighted by Gasteiger charge is -2.33. The molecule has 0 spiro atoms. The van der Waals surface area contributed by atoms with Crippen LogP contribution in [0.2, 0.25) is 0 Å². The summed E-state index contributed by atoms with van der Waals surface area (Å²) in [4.78, 5) is 13.2. The first-order chi connectivity index (χ1) is 16.8. The minimum atomic E-state index is -0.341. The van der Waals surface area contributed by atoms with Crippen LogP contribution in [0.1, 0.15) is 5.56 Å². The molecule has 1 aliphatic rings. The van der Waals surface area contributed by atoms with Crippen molar-refractivity contribution in [3.63, 3.8) is 0 Å². The number of hydrazine groups is 1. The van der Waals surface area contributed by atoms with Gasteiger partial charge in [0.25, 0.3) is 0 Å². The van der Waals surface area contributed by atoms with Gasteiger partial charge in [-0.2, -0.15) is 9.98 Å². The molecule has 0 radical (unpaired) electrons. The molecule has 1 saturated heterocycles. The normalized spacial score (nSPS) is 15.5. The second-order valence-electron chi connectivity index (χ2n) is 7.87. The van der Waals surface area contributed by atoms with Crippen LogP contribution >= 0.6 is 0 Å². The van der Waals surface area contributed by atoms with Crippen molar-refractivity contribution in [2.45, 2.75) is 0 Å². The zero-order valence-electron chi connectivity index (χ0n) is 19.7. The molecule has 0 amide bonds. The summed E-state index contributed by atoms with van der Waals surface area (Å²) in [7, 11) is 2.06. The summed E-state index contributed by atoms with van der Waals surface area (Å²) in [5.41, 5.74) is 10.4. The predicted octanol–water partition coefficient (Wildman–Crippen LogP) is 2.20. The van der Waals surface area contributed by atoms with Crippen molar-refractivity contribution in [1.82, 2.24) is 20.5 Å². The molecule has 0 saturated carbocycles. The van der Waals surface area contributed by atoms with Gasteiger partial charge in [-0.1, -0.05) is 24.8 Å². The van der Waals surface area contributed by atoms with E-state index < -0.39 is 0 Å². The number of ether oxygens (including phenoxy) is 1. The standard InChI is InChI=1S/C25H31FN8O/c1-18(17-23(32-28)20-9-11-21(26)12-10-20)29-24(27)31-25(34-15-13-33(3)14-16-34)30-19(2)35-22-7-5-4-6-8-22/h4-12,17,32H,1-2,13-16,28H2,3H3,(H3,27,29,30,31)/b23-17-. The first-order valence-electron chi connectivity index (χ1n) is 11.0. The molecule has 9 nitrogen and oxygen atoms in total. The van der Waals surface area contributed by atoms with Gasteiger partial charge >= 0.3 is 0 Å². The van der Waals surface area contributed by atoms with Gasteiger partial charge in [-0.05, 0) is 61.7 Å². The van der Waals surface area contributed by atoms with Crippen LogP contribution in [0, 0.1) is 5.82 Å².